The largest absolute Gasteiger partial charge is 0.497 e. The van der Waals surface area contributed by atoms with Crippen molar-refractivity contribution in [2.24, 2.45) is 4.99 Å². The second kappa shape index (κ2) is 14.2. The number of benzene rings is 2. The number of nitrogens with one attached hydrogen (secondary N) is 2. The molecular formula is C25H31IN4O3. The SMILES string of the molecule is CCNC(=NCc1cccnc1OCc1ccccc1)NCc1ccc(OC)cc1OC.I. The Hall–Kier alpha value is -3.01. The number of ether oxygens (including phenoxy) is 3. The Labute approximate surface area is 212 Å². The van der Waals surface area contributed by atoms with Gasteiger partial charge in [0.2, 0.25) is 5.88 Å². The van der Waals surface area contributed by atoms with Gasteiger partial charge in [-0.05, 0) is 30.7 Å². The summed E-state index contributed by atoms with van der Waals surface area (Å²) in [5.74, 6) is 2.80. The van der Waals surface area contributed by atoms with Crippen LogP contribution in [0.5, 0.6) is 17.4 Å². The monoisotopic (exact) mass is 562 g/mol. The first-order chi connectivity index (χ1) is 15.7. The first-order valence-electron chi connectivity index (χ1n) is 10.6. The molecule has 0 radical (unpaired) electrons. The molecule has 0 spiro atoms. The molecule has 0 aliphatic rings. The molecule has 0 saturated carbocycles. The van der Waals surface area contributed by atoms with E-state index < -0.39 is 0 Å². The summed E-state index contributed by atoms with van der Waals surface area (Å²) in [6.45, 7) is 4.24. The van der Waals surface area contributed by atoms with E-state index in [1.807, 2.05) is 67.6 Å². The molecule has 2 aromatic carbocycles. The lowest BCUT2D eigenvalue weighted by molar-refractivity contribution is 0.290. The molecule has 1 aromatic heterocycles. The van der Waals surface area contributed by atoms with Gasteiger partial charge >= 0.3 is 0 Å². The molecule has 2 N–H and O–H groups in total. The molecule has 0 amide bonds. The van der Waals surface area contributed by atoms with Crippen LogP contribution in [0.3, 0.4) is 0 Å². The summed E-state index contributed by atoms with van der Waals surface area (Å²) in [6.07, 6.45) is 1.73. The summed E-state index contributed by atoms with van der Waals surface area (Å²) in [6, 6.07) is 19.7. The van der Waals surface area contributed by atoms with E-state index in [4.69, 9.17) is 19.2 Å². The van der Waals surface area contributed by atoms with E-state index in [2.05, 4.69) is 15.6 Å². The van der Waals surface area contributed by atoms with Crippen molar-refractivity contribution in [3.8, 4) is 17.4 Å². The number of methoxy groups -OCH3 is 2. The maximum absolute atomic E-state index is 5.95. The standard InChI is InChI=1S/C25H30N4O3.HI/c1-4-26-25(28-16-20-12-13-22(30-2)15-23(20)31-3)29-17-21-11-8-14-27-24(21)32-18-19-9-6-5-7-10-19;/h5-15H,4,16-18H2,1-3H3,(H2,26,28,29);1H. The van der Waals surface area contributed by atoms with Crippen LogP contribution in [-0.4, -0.2) is 31.7 Å². The van der Waals surface area contributed by atoms with Crippen LogP contribution in [0.1, 0.15) is 23.6 Å². The van der Waals surface area contributed by atoms with Crippen LogP contribution in [-0.2, 0) is 19.7 Å². The van der Waals surface area contributed by atoms with Crippen molar-refractivity contribution in [2.75, 3.05) is 20.8 Å². The van der Waals surface area contributed by atoms with Gasteiger partial charge in [-0.3, -0.25) is 0 Å². The third kappa shape index (κ3) is 8.12. The zero-order valence-electron chi connectivity index (χ0n) is 19.2. The normalized spacial score (nSPS) is 10.7. The van der Waals surface area contributed by atoms with Crippen LogP contribution < -0.4 is 24.8 Å². The Morgan fingerprint density at radius 1 is 0.939 bits per heavy atom. The molecule has 0 aliphatic heterocycles. The molecule has 3 rings (SSSR count). The zero-order valence-corrected chi connectivity index (χ0v) is 21.5. The molecule has 176 valence electrons. The molecule has 7 nitrogen and oxygen atoms in total. The predicted molar refractivity (Wildman–Crippen MR) is 142 cm³/mol. The van der Waals surface area contributed by atoms with E-state index in [1.165, 1.54) is 0 Å². The minimum atomic E-state index is 0. The highest BCUT2D eigenvalue weighted by molar-refractivity contribution is 14.0. The molecule has 0 atom stereocenters. The van der Waals surface area contributed by atoms with E-state index in [9.17, 15) is 0 Å². The smallest absolute Gasteiger partial charge is 0.218 e. The van der Waals surface area contributed by atoms with Gasteiger partial charge in [0, 0.05) is 36.5 Å². The fourth-order valence-electron chi connectivity index (χ4n) is 3.08. The number of hydrogen-bond donors (Lipinski definition) is 2. The van der Waals surface area contributed by atoms with Crippen LogP contribution in [0, 0.1) is 0 Å². The summed E-state index contributed by atoms with van der Waals surface area (Å²) < 4.78 is 16.7. The zero-order chi connectivity index (χ0) is 22.6. The Bertz CT molecular complexity index is 1020. The van der Waals surface area contributed by atoms with Crippen molar-refractivity contribution in [3.63, 3.8) is 0 Å². The number of hydrogen-bond acceptors (Lipinski definition) is 5. The number of nitrogens with zero attached hydrogens (tertiary/aromatic N) is 2. The van der Waals surface area contributed by atoms with E-state index in [1.54, 1.807) is 20.4 Å². The maximum Gasteiger partial charge on any atom is 0.218 e. The molecule has 0 bridgehead atoms. The van der Waals surface area contributed by atoms with Crippen LogP contribution in [0.25, 0.3) is 0 Å². The van der Waals surface area contributed by atoms with Crippen LogP contribution in [0.15, 0.2) is 71.9 Å². The highest BCUT2D eigenvalue weighted by atomic mass is 127. The lowest BCUT2D eigenvalue weighted by Gasteiger charge is -2.15. The fraction of sp³-hybridized carbons (Fsp3) is 0.280. The third-order valence-corrected chi connectivity index (χ3v) is 4.76. The molecule has 0 saturated heterocycles. The summed E-state index contributed by atoms with van der Waals surface area (Å²) >= 11 is 0. The highest BCUT2D eigenvalue weighted by Crippen LogP contribution is 2.24. The number of rotatable bonds is 10. The minimum Gasteiger partial charge on any atom is -0.497 e. The number of halogens is 1. The van der Waals surface area contributed by atoms with Crippen molar-refractivity contribution < 1.29 is 14.2 Å². The van der Waals surface area contributed by atoms with Gasteiger partial charge < -0.3 is 24.8 Å². The van der Waals surface area contributed by atoms with Crippen molar-refractivity contribution in [1.29, 1.82) is 0 Å². The molecular weight excluding hydrogens is 531 g/mol. The number of guanidine groups is 1. The highest BCUT2D eigenvalue weighted by Gasteiger charge is 2.08. The third-order valence-electron chi connectivity index (χ3n) is 4.76. The minimum absolute atomic E-state index is 0. The lowest BCUT2D eigenvalue weighted by Crippen LogP contribution is -2.36. The molecule has 3 aromatic rings. The quantitative estimate of drug-likeness (QED) is 0.215. The topological polar surface area (TPSA) is 77.0 Å². The van der Waals surface area contributed by atoms with E-state index in [0.717, 1.165) is 34.7 Å². The summed E-state index contributed by atoms with van der Waals surface area (Å²) in [5.41, 5.74) is 3.02. The van der Waals surface area contributed by atoms with Gasteiger partial charge in [-0.25, -0.2) is 9.98 Å². The fourth-order valence-corrected chi connectivity index (χ4v) is 3.08. The van der Waals surface area contributed by atoms with Crippen LogP contribution in [0.2, 0.25) is 0 Å². The second-order valence-electron chi connectivity index (χ2n) is 6.97. The van der Waals surface area contributed by atoms with Gasteiger partial charge in [-0.2, -0.15) is 0 Å². The van der Waals surface area contributed by atoms with Gasteiger partial charge in [0.05, 0.1) is 20.8 Å². The molecule has 0 aliphatic carbocycles. The number of aliphatic imine (C=N–C) groups is 1. The average Bonchev–Trinajstić information content (AvgIpc) is 2.85. The molecule has 33 heavy (non-hydrogen) atoms. The Kier molecular flexibility index (Phi) is 11.3. The molecule has 0 unspecified atom stereocenters. The van der Waals surface area contributed by atoms with Crippen molar-refractivity contribution in [1.82, 2.24) is 15.6 Å². The summed E-state index contributed by atoms with van der Waals surface area (Å²) in [5, 5.41) is 6.63. The van der Waals surface area contributed by atoms with Crippen molar-refractivity contribution in [2.45, 2.75) is 26.6 Å². The first kappa shape index (κ1) is 26.2. The number of aromatic nitrogens is 1. The van der Waals surface area contributed by atoms with Gasteiger partial charge in [-0.1, -0.05) is 36.4 Å². The number of pyridine rings is 1. The van der Waals surface area contributed by atoms with Gasteiger partial charge in [0.15, 0.2) is 5.96 Å². The second-order valence-corrected chi connectivity index (χ2v) is 6.97. The molecule has 8 heteroatoms. The predicted octanol–water partition coefficient (Wildman–Crippen LogP) is 4.55. The molecule has 1 heterocycles. The molecule has 0 fully saturated rings. The van der Waals surface area contributed by atoms with Crippen molar-refractivity contribution in [3.05, 3.63) is 83.6 Å². The van der Waals surface area contributed by atoms with Crippen molar-refractivity contribution >= 4 is 29.9 Å². The Balaban J connectivity index is 0.00000385. The Morgan fingerprint density at radius 3 is 2.48 bits per heavy atom. The van der Waals surface area contributed by atoms with Gasteiger partial charge in [0.1, 0.15) is 18.1 Å². The van der Waals surface area contributed by atoms with Crippen LogP contribution >= 0.6 is 24.0 Å². The van der Waals surface area contributed by atoms with Gasteiger partial charge in [0.25, 0.3) is 0 Å². The van der Waals surface area contributed by atoms with E-state index in [-0.39, 0.29) is 24.0 Å². The Morgan fingerprint density at radius 2 is 1.76 bits per heavy atom. The first-order valence-corrected chi connectivity index (χ1v) is 10.6. The van der Waals surface area contributed by atoms with Crippen LogP contribution in [0.4, 0.5) is 0 Å². The maximum atomic E-state index is 5.95. The van der Waals surface area contributed by atoms with E-state index in [0.29, 0.717) is 31.5 Å². The van der Waals surface area contributed by atoms with Gasteiger partial charge in [-0.15, -0.1) is 24.0 Å². The van der Waals surface area contributed by atoms with E-state index >= 15 is 0 Å². The summed E-state index contributed by atoms with van der Waals surface area (Å²) in [7, 11) is 3.29. The average molecular weight is 562 g/mol. The summed E-state index contributed by atoms with van der Waals surface area (Å²) in [4.78, 5) is 9.10. The lowest BCUT2D eigenvalue weighted by atomic mass is 10.2.